The van der Waals surface area contributed by atoms with Gasteiger partial charge in [-0.15, -0.1) is 11.3 Å². The number of rotatable bonds is 2. The maximum atomic E-state index is 6.37. The molecule has 0 aliphatic heterocycles. The Morgan fingerprint density at radius 1 is 1.11 bits per heavy atom. The summed E-state index contributed by atoms with van der Waals surface area (Å²) in [5, 5.41) is 2.07. The predicted octanol–water partition coefficient (Wildman–Crippen LogP) is 3.05. The molecule has 3 rings (SSSR count). The second-order valence-electron chi connectivity index (χ2n) is 4.18. The van der Waals surface area contributed by atoms with Crippen molar-refractivity contribution >= 4 is 22.4 Å². The van der Waals surface area contributed by atoms with Gasteiger partial charge in [0.2, 0.25) is 0 Å². The first-order valence-electron chi connectivity index (χ1n) is 5.76. The Morgan fingerprint density at radius 2 is 1.94 bits per heavy atom. The van der Waals surface area contributed by atoms with Crippen LogP contribution < -0.4 is 5.73 Å². The van der Waals surface area contributed by atoms with Crippen LogP contribution in [0, 0.1) is 6.92 Å². The Hall–Kier alpha value is -1.78. The maximum absolute atomic E-state index is 6.37. The Bertz CT molecular complexity index is 685. The zero-order chi connectivity index (χ0) is 12.5. The molecule has 0 saturated carbocycles. The summed E-state index contributed by atoms with van der Waals surface area (Å²) < 4.78 is 0. The van der Waals surface area contributed by atoms with Crippen LogP contribution in [0.3, 0.4) is 0 Å². The quantitative estimate of drug-likeness (QED) is 0.765. The largest absolute Gasteiger partial charge is 0.320 e. The normalized spacial score (nSPS) is 12.8. The van der Waals surface area contributed by atoms with Crippen LogP contribution in [0.5, 0.6) is 0 Å². The molecule has 0 spiro atoms. The Morgan fingerprint density at radius 3 is 2.72 bits per heavy atom. The number of nitrogens with zero attached hydrogens (tertiary/aromatic N) is 2. The van der Waals surface area contributed by atoms with E-state index >= 15 is 0 Å². The molecule has 0 radical (unpaired) electrons. The molecule has 0 aliphatic rings. The van der Waals surface area contributed by atoms with Crippen molar-refractivity contribution in [1.29, 1.82) is 0 Å². The molecule has 2 N–H and O–H groups in total. The van der Waals surface area contributed by atoms with Crippen LogP contribution in [0.4, 0.5) is 0 Å². The van der Waals surface area contributed by atoms with Crippen LogP contribution in [-0.2, 0) is 0 Å². The number of hydrogen-bond acceptors (Lipinski definition) is 4. The van der Waals surface area contributed by atoms with Crippen LogP contribution in [0.1, 0.15) is 22.0 Å². The first-order chi connectivity index (χ1) is 8.77. The van der Waals surface area contributed by atoms with Gasteiger partial charge in [-0.1, -0.05) is 12.1 Å². The summed E-state index contributed by atoms with van der Waals surface area (Å²) in [5.41, 5.74) is 10.3. The highest BCUT2D eigenvalue weighted by atomic mass is 32.1. The third kappa shape index (κ3) is 1.79. The molecular formula is C14H13N3S. The van der Waals surface area contributed by atoms with E-state index in [1.165, 1.54) is 4.88 Å². The predicted molar refractivity (Wildman–Crippen MR) is 74.6 cm³/mol. The number of fused-ring (bicyclic) bond motifs is 1. The second-order valence-corrected chi connectivity index (χ2v) is 5.30. The van der Waals surface area contributed by atoms with Gasteiger partial charge in [-0.05, 0) is 30.0 Å². The number of nitrogens with two attached hydrogens (primary N) is 1. The lowest BCUT2D eigenvalue weighted by atomic mass is 9.99. The molecule has 0 fully saturated rings. The minimum absolute atomic E-state index is 0.142. The van der Waals surface area contributed by atoms with Crippen LogP contribution in [0.2, 0.25) is 0 Å². The van der Waals surface area contributed by atoms with Gasteiger partial charge in [-0.2, -0.15) is 0 Å². The lowest BCUT2D eigenvalue weighted by Gasteiger charge is -2.13. The number of thiophene rings is 1. The molecule has 3 aromatic rings. The van der Waals surface area contributed by atoms with Crippen molar-refractivity contribution in [1.82, 2.24) is 9.97 Å². The minimum Gasteiger partial charge on any atom is -0.320 e. The van der Waals surface area contributed by atoms with Gasteiger partial charge < -0.3 is 5.73 Å². The van der Waals surface area contributed by atoms with Crippen molar-refractivity contribution in [3.05, 3.63) is 58.0 Å². The third-order valence-electron chi connectivity index (χ3n) is 3.10. The zero-order valence-electron chi connectivity index (χ0n) is 10.00. The Balaban J connectivity index is 2.18. The fourth-order valence-corrected chi connectivity index (χ4v) is 2.90. The molecule has 0 saturated heterocycles. The summed E-state index contributed by atoms with van der Waals surface area (Å²) in [7, 11) is 0. The van der Waals surface area contributed by atoms with Crippen LogP contribution >= 0.6 is 11.3 Å². The van der Waals surface area contributed by atoms with Gasteiger partial charge >= 0.3 is 0 Å². The smallest absolute Gasteiger partial charge is 0.0937 e. The van der Waals surface area contributed by atoms with Crippen molar-refractivity contribution in [3.63, 3.8) is 0 Å². The molecule has 2 aromatic heterocycles. The lowest BCUT2D eigenvalue weighted by molar-refractivity contribution is 0.874. The highest BCUT2D eigenvalue weighted by molar-refractivity contribution is 7.10. The van der Waals surface area contributed by atoms with E-state index in [2.05, 4.69) is 28.3 Å². The van der Waals surface area contributed by atoms with E-state index < -0.39 is 0 Å². The minimum atomic E-state index is -0.142. The molecule has 4 heteroatoms. The fraction of sp³-hybridized carbons (Fsp3) is 0.143. The highest BCUT2D eigenvalue weighted by Crippen LogP contribution is 2.29. The molecule has 18 heavy (non-hydrogen) atoms. The van der Waals surface area contributed by atoms with Gasteiger partial charge in [-0.25, -0.2) is 0 Å². The molecule has 0 aliphatic carbocycles. The van der Waals surface area contributed by atoms with Crippen molar-refractivity contribution in [3.8, 4) is 0 Å². The van der Waals surface area contributed by atoms with E-state index in [1.807, 2.05) is 18.2 Å². The number of aryl methyl sites for hydroxylation is 1. The summed E-state index contributed by atoms with van der Waals surface area (Å²) in [6.45, 7) is 2.09. The Kier molecular flexibility index (Phi) is 2.81. The average Bonchev–Trinajstić information content (AvgIpc) is 2.83. The molecule has 1 aromatic carbocycles. The summed E-state index contributed by atoms with van der Waals surface area (Å²) in [4.78, 5) is 9.97. The van der Waals surface area contributed by atoms with E-state index in [0.717, 1.165) is 22.2 Å². The van der Waals surface area contributed by atoms with Gasteiger partial charge in [0.05, 0.1) is 17.1 Å². The van der Waals surface area contributed by atoms with E-state index in [4.69, 9.17) is 5.73 Å². The highest BCUT2D eigenvalue weighted by Gasteiger charge is 2.15. The van der Waals surface area contributed by atoms with Gasteiger partial charge in [0.25, 0.3) is 0 Å². The number of aromatic nitrogens is 2. The van der Waals surface area contributed by atoms with Crippen molar-refractivity contribution in [2.75, 3.05) is 0 Å². The second kappa shape index (κ2) is 4.48. The van der Waals surface area contributed by atoms with E-state index in [1.54, 1.807) is 23.7 Å². The SMILES string of the molecule is Cc1sccc1C(N)c1cccc2nccnc12. The molecule has 1 atom stereocenters. The van der Waals surface area contributed by atoms with Gasteiger partial charge in [0.15, 0.2) is 0 Å². The Labute approximate surface area is 109 Å². The monoisotopic (exact) mass is 255 g/mol. The van der Waals surface area contributed by atoms with Crippen molar-refractivity contribution in [2.24, 2.45) is 5.73 Å². The zero-order valence-corrected chi connectivity index (χ0v) is 10.8. The molecule has 0 bridgehead atoms. The average molecular weight is 255 g/mol. The molecule has 3 nitrogen and oxygen atoms in total. The lowest BCUT2D eigenvalue weighted by Crippen LogP contribution is -2.13. The first kappa shape index (κ1) is 11.3. The van der Waals surface area contributed by atoms with Gasteiger partial charge in [0.1, 0.15) is 0 Å². The number of benzene rings is 1. The summed E-state index contributed by atoms with van der Waals surface area (Å²) in [6, 6.07) is 7.91. The van der Waals surface area contributed by atoms with E-state index in [0.29, 0.717) is 0 Å². The molecule has 90 valence electrons. The summed E-state index contributed by atoms with van der Waals surface area (Å²) in [6.07, 6.45) is 3.41. The van der Waals surface area contributed by atoms with Crippen molar-refractivity contribution < 1.29 is 0 Å². The molecule has 0 amide bonds. The first-order valence-corrected chi connectivity index (χ1v) is 6.64. The van der Waals surface area contributed by atoms with Gasteiger partial charge in [-0.3, -0.25) is 9.97 Å². The third-order valence-corrected chi connectivity index (χ3v) is 3.96. The number of para-hydroxylation sites is 1. The fourth-order valence-electron chi connectivity index (χ4n) is 2.15. The van der Waals surface area contributed by atoms with Gasteiger partial charge in [0, 0.05) is 22.8 Å². The van der Waals surface area contributed by atoms with E-state index in [9.17, 15) is 0 Å². The number of hydrogen-bond donors (Lipinski definition) is 1. The van der Waals surface area contributed by atoms with Crippen LogP contribution in [0.15, 0.2) is 42.0 Å². The maximum Gasteiger partial charge on any atom is 0.0937 e. The summed E-state index contributed by atoms with van der Waals surface area (Å²) in [5.74, 6) is 0. The standard InChI is InChI=1S/C14H13N3S/c1-9-10(5-8-18-9)13(15)11-3-2-4-12-14(11)17-7-6-16-12/h2-8,13H,15H2,1H3. The molecular weight excluding hydrogens is 242 g/mol. The molecule has 2 heterocycles. The van der Waals surface area contributed by atoms with E-state index in [-0.39, 0.29) is 6.04 Å². The van der Waals surface area contributed by atoms with Crippen LogP contribution in [0.25, 0.3) is 11.0 Å². The summed E-state index contributed by atoms with van der Waals surface area (Å²) >= 11 is 1.72. The van der Waals surface area contributed by atoms with Crippen LogP contribution in [-0.4, -0.2) is 9.97 Å². The van der Waals surface area contributed by atoms with Crippen molar-refractivity contribution in [2.45, 2.75) is 13.0 Å². The molecule has 1 unspecified atom stereocenters. The topological polar surface area (TPSA) is 51.8 Å².